The summed E-state index contributed by atoms with van der Waals surface area (Å²) in [6, 6.07) is 3.75. The molecule has 0 radical (unpaired) electrons. The highest BCUT2D eigenvalue weighted by atomic mass is 16.5. The average Bonchev–Trinajstić information content (AvgIpc) is 2.28. The molecule has 1 aromatic carbocycles. The van der Waals surface area contributed by atoms with Crippen LogP contribution in [-0.2, 0) is 10.8 Å². The summed E-state index contributed by atoms with van der Waals surface area (Å²) in [7, 11) is 0. The second kappa shape index (κ2) is 5.35. The second-order valence-electron chi connectivity index (χ2n) is 7.14. The van der Waals surface area contributed by atoms with Gasteiger partial charge in [-0.2, -0.15) is 0 Å². The number of phenols is 1. The maximum Gasteiger partial charge on any atom is 0.128 e. The monoisotopic (exact) mass is 274 g/mol. The molecule has 1 N–H and O–H groups in total. The maximum atomic E-state index is 10.6. The number of hydrogen-bond donors (Lipinski definition) is 1. The molecule has 0 spiro atoms. The Morgan fingerprint density at radius 3 is 1.75 bits per heavy atom. The van der Waals surface area contributed by atoms with Crippen molar-refractivity contribution in [3.8, 4) is 11.5 Å². The van der Waals surface area contributed by atoms with E-state index in [-0.39, 0.29) is 10.8 Å². The van der Waals surface area contributed by atoms with Crippen LogP contribution in [0.15, 0.2) is 37.1 Å². The van der Waals surface area contributed by atoms with Gasteiger partial charge in [0.05, 0.1) is 0 Å². The van der Waals surface area contributed by atoms with Gasteiger partial charge in [-0.15, -0.1) is 0 Å². The van der Waals surface area contributed by atoms with Crippen LogP contribution in [-0.4, -0.2) is 5.11 Å². The van der Waals surface area contributed by atoms with Crippen LogP contribution >= 0.6 is 0 Å². The minimum Gasteiger partial charge on any atom is -0.507 e. The first kappa shape index (κ1) is 16.4. The van der Waals surface area contributed by atoms with Crippen molar-refractivity contribution in [3.63, 3.8) is 0 Å². The summed E-state index contributed by atoms with van der Waals surface area (Å²) >= 11 is 0. The van der Waals surface area contributed by atoms with Crippen LogP contribution in [0.1, 0.15) is 52.7 Å². The van der Waals surface area contributed by atoms with E-state index in [4.69, 9.17) is 4.74 Å². The van der Waals surface area contributed by atoms with Crippen LogP contribution in [0.2, 0.25) is 0 Å². The van der Waals surface area contributed by atoms with Gasteiger partial charge in [0.1, 0.15) is 17.3 Å². The topological polar surface area (TPSA) is 29.5 Å². The first-order chi connectivity index (χ1) is 8.96. The first-order valence-electron chi connectivity index (χ1n) is 6.84. The zero-order chi connectivity index (χ0) is 15.7. The van der Waals surface area contributed by atoms with E-state index in [0.717, 1.165) is 11.1 Å². The minimum absolute atomic E-state index is 0.168. The molecule has 2 nitrogen and oxygen atoms in total. The molecular weight excluding hydrogens is 248 g/mol. The molecule has 0 saturated carbocycles. The van der Waals surface area contributed by atoms with E-state index in [0.29, 0.717) is 17.3 Å². The quantitative estimate of drug-likeness (QED) is 0.616. The number of hydrogen-bond acceptors (Lipinski definition) is 2. The molecule has 0 fully saturated rings. The molecule has 0 atom stereocenters. The van der Waals surface area contributed by atoms with Crippen LogP contribution < -0.4 is 4.74 Å². The Hall–Kier alpha value is -1.70. The second-order valence-corrected chi connectivity index (χ2v) is 7.14. The van der Waals surface area contributed by atoms with Gasteiger partial charge in [0.25, 0.3) is 0 Å². The molecule has 0 heterocycles. The first-order valence-corrected chi connectivity index (χ1v) is 6.84. The van der Waals surface area contributed by atoms with Crippen LogP contribution in [0.3, 0.4) is 0 Å². The number of ether oxygens (including phenoxy) is 1. The molecule has 1 rings (SSSR count). The van der Waals surface area contributed by atoms with E-state index in [1.165, 1.54) is 0 Å². The van der Waals surface area contributed by atoms with Gasteiger partial charge >= 0.3 is 0 Å². The van der Waals surface area contributed by atoms with E-state index in [9.17, 15) is 5.11 Å². The Balaban J connectivity index is 3.50. The van der Waals surface area contributed by atoms with Crippen molar-refractivity contribution in [2.75, 3.05) is 0 Å². The van der Waals surface area contributed by atoms with E-state index in [2.05, 4.69) is 54.7 Å². The number of phenolic OH excluding ortho intramolecular Hbond substituents is 1. The summed E-state index contributed by atoms with van der Waals surface area (Å²) in [4.78, 5) is 0. The summed E-state index contributed by atoms with van der Waals surface area (Å²) in [5, 5.41) is 10.6. The summed E-state index contributed by atoms with van der Waals surface area (Å²) in [6.07, 6.45) is 1.57. The summed E-state index contributed by atoms with van der Waals surface area (Å²) < 4.78 is 5.67. The minimum atomic E-state index is -0.168. The van der Waals surface area contributed by atoms with E-state index in [1.54, 1.807) is 6.08 Å². The highest BCUT2D eigenvalue weighted by Gasteiger charge is 2.27. The van der Waals surface area contributed by atoms with Crippen molar-refractivity contribution in [2.24, 2.45) is 0 Å². The van der Waals surface area contributed by atoms with Crippen molar-refractivity contribution in [3.05, 3.63) is 48.3 Å². The number of allylic oxidation sites excluding steroid dienone is 1. The Bertz CT molecular complexity index is 490. The highest BCUT2D eigenvalue weighted by molar-refractivity contribution is 5.52. The number of aromatic hydroxyl groups is 1. The fraction of sp³-hybridized carbons (Fsp3) is 0.444. The van der Waals surface area contributed by atoms with Crippen molar-refractivity contribution in [1.82, 2.24) is 0 Å². The summed E-state index contributed by atoms with van der Waals surface area (Å²) in [5.41, 5.74) is 1.41. The predicted octanol–water partition coefficient (Wildman–Crippen LogP) is 5.07. The van der Waals surface area contributed by atoms with Gasteiger partial charge in [0.2, 0.25) is 0 Å². The SMILES string of the molecule is C=CC(=C)Oc1cc(C(C)(C)C)c(O)c(C(C)(C)C)c1. The van der Waals surface area contributed by atoms with Gasteiger partial charge in [-0.3, -0.25) is 0 Å². The lowest BCUT2D eigenvalue weighted by molar-refractivity contribution is 0.408. The van der Waals surface area contributed by atoms with Crippen LogP contribution in [0.25, 0.3) is 0 Å². The fourth-order valence-electron chi connectivity index (χ4n) is 2.00. The van der Waals surface area contributed by atoms with Gasteiger partial charge < -0.3 is 9.84 Å². The standard InChI is InChI=1S/C18H26O2/c1-9-12(2)20-13-10-14(17(3,4)5)16(19)15(11-13)18(6,7)8/h9-11,19H,1-2H2,3-8H3. The van der Waals surface area contributed by atoms with E-state index >= 15 is 0 Å². The lowest BCUT2D eigenvalue weighted by Gasteiger charge is -2.28. The summed E-state index contributed by atoms with van der Waals surface area (Å²) in [6.45, 7) is 19.8. The van der Waals surface area contributed by atoms with E-state index < -0.39 is 0 Å². The fourth-order valence-corrected chi connectivity index (χ4v) is 2.00. The van der Waals surface area contributed by atoms with Gasteiger partial charge in [-0.1, -0.05) is 54.7 Å². The normalized spacial score (nSPS) is 12.1. The molecule has 0 saturated heterocycles. The molecule has 0 bridgehead atoms. The van der Waals surface area contributed by atoms with Crippen molar-refractivity contribution < 1.29 is 9.84 Å². The smallest absolute Gasteiger partial charge is 0.128 e. The van der Waals surface area contributed by atoms with Gasteiger partial charge in [0, 0.05) is 11.1 Å². The van der Waals surface area contributed by atoms with Crippen LogP contribution in [0.4, 0.5) is 0 Å². The molecule has 1 aromatic rings. The summed E-state index contributed by atoms with van der Waals surface area (Å²) in [5.74, 6) is 1.53. The van der Waals surface area contributed by atoms with Gasteiger partial charge in [-0.25, -0.2) is 0 Å². The van der Waals surface area contributed by atoms with Gasteiger partial charge in [0.15, 0.2) is 0 Å². The molecule has 0 aliphatic heterocycles. The van der Waals surface area contributed by atoms with Crippen LogP contribution in [0.5, 0.6) is 11.5 Å². The molecule has 20 heavy (non-hydrogen) atoms. The third-order valence-electron chi connectivity index (χ3n) is 3.18. The molecule has 110 valence electrons. The third-order valence-corrected chi connectivity index (χ3v) is 3.18. The molecule has 0 aromatic heterocycles. The molecule has 2 heteroatoms. The molecule has 0 aliphatic carbocycles. The number of rotatable bonds is 3. The highest BCUT2D eigenvalue weighted by Crippen LogP contribution is 2.41. The number of benzene rings is 1. The Morgan fingerprint density at radius 2 is 1.45 bits per heavy atom. The zero-order valence-corrected chi connectivity index (χ0v) is 13.5. The molecule has 0 aliphatic rings. The predicted molar refractivity (Wildman–Crippen MR) is 85.5 cm³/mol. The molecule has 0 unspecified atom stereocenters. The van der Waals surface area contributed by atoms with Crippen LogP contribution in [0, 0.1) is 0 Å². The zero-order valence-electron chi connectivity index (χ0n) is 13.5. The van der Waals surface area contributed by atoms with Crippen molar-refractivity contribution in [2.45, 2.75) is 52.4 Å². The van der Waals surface area contributed by atoms with Crippen molar-refractivity contribution in [1.29, 1.82) is 0 Å². The van der Waals surface area contributed by atoms with Gasteiger partial charge in [-0.05, 0) is 29.0 Å². The largest absolute Gasteiger partial charge is 0.507 e. The molecular formula is C18H26O2. The average molecular weight is 274 g/mol. The third kappa shape index (κ3) is 3.66. The lowest BCUT2D eigenvalue weighted by Crippen LogP contribution is -2.17. The lowest BCUT2D eigenvalue weighted by atomic mass is 9.79. The van der Waals surface area contributed by atoms with Crippen molar-refractivity contribution >= 4 is 0 Å². The Morgan fingerprint density at radius 1 is 1.05 bits per heavy atom. The van der Waals surface area contributed by atoms with E-state index in [1.807, 2.05) is 12.1 Å². The molecule has 0 amide bonds. The Labute approximate surface area is 122 Å². The maximum absolute atomic E-state index is 10.6. The Kier molecular flexibility index (Phi) is 4.38.